The normalized spacial score (nSPS) is 12.5. The number of carbonyl (C=O) groups is 1. The number of nitrogens with one attached hydrogen (secondary N) is 2. The Labute approximate surface area is 183 Å². The number of β-amino-alcohol motifs (C(OH)–C–C–N with tert-alkyl or cyclic N) is 1. The van der Waals surface area contributed by atoms with Crippen LogP contribution in [0.4, 0.5) is 0 Å². The lowest BCUT2D eigenvalue weighted by molar-refractivity contribution is -0.121. The Bertz CT molecular complexity index is 833. The molecular weight excluding hydrogens is 396 g/mol. The Balaban J connectivity index is 1.86. The van der Waals surface area contributed by atoms with Crippen molar-refractivity contribution in [2.45, 2.75) is 51.2 Å². The largest absolute Gasteiger partial charge is 0.508 e. The van der Waals surface area contributed by atoms with Gasteiger partial charge in [0.25, 0.3) is 0 Å². The van der Waals surface area contributed by atoms with Crippen molar-refractivity contribution in [3.05, 3.63) is 59.2 Å². The van der Waals surface area contributed by atoms with Crippen LogP contribution in [0.15, 0.2) is 42.5 Å². The van der Waals surface area contributed by atoms with E-state index in [1.165, 1.54) is 23.8 Å². The van der Waals surface area contributed by atoms with Crippen LogP contribution in [-0.2, 0) is 17.6 Å². The number of phenolic OH excluding ortho intramolecular Hbond substituents is 2. The molecule has 170 valence electrons. The van der Waals surface area contributed by atoms with E-state index >= 15 is 0 Å². The molecule has 0 aliphatic rings. The molecule has 7 heteroatoms. The molecule has 0 aromatic heterocycles. The lowest BCUT2D eigenvalue weighted by Crippen LogP contribution is -2.43. The second-order valence-electron chi connectivity index (χ2n) is 8.49. The van der Waals surface area contributed by atoms with Gasteiger partial charge in [0.2, 0.25) is 5.91 Å². The number of aliphatic hydroxyl groups excluding tert-OH is 2. The van der Waals surface area contributed by atoms with Crippen molar-refractivity contribution in [1.82, 2.24) is 10.6 Å². The minimum Gasteiger partial charge on any atom is -0.508 e. The first-order valence-electron chi connectivity index (χ1n) is 10.6. The summed E-state index contributed by atoms with van der Waals surface area (Å²) in [6.07, 6.45) is 1.86. The van der Waals surface area contributed by atoms with Crippen LogP contribution >= 0.6 is 0 Å². The Kier molecular flexibility index (Phi) is 9.30. The molecule has 0 aliphatic carbocycles. The topological polar surface area (TPSA) is 122 Å². The number of aryl methyl sites for hydroxylation is 1. The molecule has 0 saturated carbocycles. The lowest BCUT2D eigenvalue weighted by Gasteiger charge is -2.28. The Morgan fingerprint density at radius 1 is 1.06 bits per heavy atom. The van der Waals surface area contributed by atoms with Crippen molar-refractivity contribution in [1.29, 1.82) is 0 Å². The molecule has 6 N–H and O–H groups in total. The third kappa shape index (κ3) is 8.96. The summed E-state index contributed by atoms with van der Waals surface area (Å²) in [5.41, 5.74) is 2.48. The van der Waals surface area contributed by atoms with Crippen LogP contribution in [0.1, 0.15) is 49.5 Å². The highest BCUT2D eigenvalue weighted by molar-refractivity contribution is 5.75. The van der Waals surface area contributed by atoms with Gasteiger partial charge in [0.1, 0.15) is 11.5 Å². The fraction of sp³-hybridized carbons (Fsp3) is 0.458. The van der Waals surface area contributed by atoms with E-state index in [0.717, 1.165) is 24.8 Å². The second-order valence-corrected chi connectivity index (χ2v) is 8.49. The number of amides is 1. The summed E-state index contributed by atoms with van der Waals surface area (Å²) in [5.74, 6) is -0.221. The number of benzene rings is 2. The van der Waals surface area contributed by atoms with Gasteiger partial charge in [-0.05, 0) is 61.9 Å². The van der Waals surface area contributed by atoms with Crippen LogP contribution in [0, 0.1) is 0 Å². The molecule has 0 saturated heterocycles. The van der Waals surface area contributed by atoms with E-state index < -0.39 is 6.10 Å². The number of carbonyl (C=O) groups excluding carboxylic acids is 1. The zero-order valence-electron chi connectivity index (χ0n) is 18.3. The molecule has 7 nitrogen and oxygen atoms in total. The zero-order chi connectivity index (χ0) is 22.9. The maximum atomic E-state index is 11.6. The minimum absolute atomic E-state index is 0.0471. The Morgan fingerprint density at radius 2 is 1.74 bits per heavy atom. The molecule has 1 atom stereocenters. The SMILES string of the molecule is CC(C)(Cc1cccc(CCCC(=O)NCCO)c1)NCC(O)c1cc(O)cc(O)c1. The van der Waals surface area contributed by atoms with E-state index in [9.17, 15) is 20.1 Å². The van der Waals surface area contributed by atoms with Gasteiger partial charge in [-0.3, -0.25) is 4.79 Å². The molecular formula is C24H34N2O5. The number of phenols is 2. The lowest BCUT2D eigenvalue weighted by atomic mass is 9.92. The molecule has 0 radical (unpaired) electrons. The van der Waals surface area contributed by atoms with E-state index in [1.54, 1.807) is 0 Å². The van der Waals surface area contributed by atoms with E-state index in [4.69, 9.17) is 5.11 Å². The maximum absolute atomic E-state index is 11.6. The van der Waals surface area contributed by atoms with E-state index in [2.05, 4.69) is 36.6 Å². The summed E-state index contributed by atoms with van der Waals surface area (Å²) < 4.78 is 0. The number of hydrogen-bond donors (Lipinski definition) is 6. The summed E-state index contributed by atoms with van der Waals surface area (Å²) >= 11 is 0. The van der Waals surface area contributed by atoms with Crippen LogP contribution in [-0.4, -0.2) is 51.6 Å². The number of rotatable bonds is 12. The van der Waals surface area contributed by atoms with Crippen LogP contribution in [0.3, 0.4) is 0 Å². The van der Waals surface area contributed by atoms with Crippen LogP contribution in [0.25, 0.3) is 0 Å². The number of aliphatic hydroxyl groups is 2. The summed E-state index contributed by atoms with van der Waals surface area (Å²) in [5, 5.41) is 44.4. The quantitative estimate of drug-likeness (QED) is 0.307. The molecule has 2 aromatic carbocycles. The third-order valence-electron chi connectivity index (χ3n) is 5.02. The van der Waals surface area contributed by atoms with E-state index in [1.807, 2.05) is 12.1 Å². The molecule has 0 bridgehead atoms. The number of aromatic hydroxyl groups is 2. The first kappa shape index (κ1) is 24.7. The highest BCUT2D eigenvalue weighted by Gasteiger charge is 2.20. The highest BCUT2D eigenvalue weighted by atomic mass is 16.3. The average molecular weight is 431 g/mol. The van der Waals surface area contributed by atoms with Crippen molar-refractivity contribution >= 4 is 5.91 Å². The zero-order valence-corrected chi connectivity index (χ0v) is 18.3. The van der Waals surface area contributed by atoms with Gasteiger partial charge in [0.15, 0.2) is 0 Å². The maximum Gasteiger partial charge on any atom is 0.220 e. The van der Waals surface area contributed by atoms with Crippen molar-refractivity contribution < 1.29 is 25.2 Å². The highest BCUT2D eigenvalue weighted by Crippen LogP contribution is 2.25. The second kappa shape index (κ2) is 11.7. The first-order valence-corrected chi connectivity index (χ1v) is 10.6. The molecule has 1 amide bonds. The smallest absolute Gasteiger partial charge is 0.220 e. The fourth-order valence-electron chi connectivity index (χ4n) is 3.51. The molecule has 31 heavy (non-hydrogen) atoms. The van der Waals surface area contributed by atoms with Gasteiger partial charge in [-0.2, -0.15) is 0 Å². The number of hydrogen-bond acceptors (Lipinski definition) is 6. The molecule has 0 spiro atoms. The van der Waals surface area contributed by atoms with Gasteiger partial charge in [0, 0.05) is 31.1 Å². The van der Waals surface area contributed by atoms with Crippen LogP contribution < -0.4 is 10.6 Å². The van der Waals surface area contributed by atoms with Crippen molar-refractivity contribution in [3.8, 4) is 11.5 Å². The third-order valence-corrected chi connectivity index (χ3v) is 5.02. The molecule has 0 fully saturated rings. The van der Waals surface area contributed by atoms with Crippen molar-refractivity contribution in [2.75, 3.05) is 19.7 Å². The Hall–Kier alpha value is -2.61. The van der Waals surface area contributed by atoms with Crippen LogP contribution in [0.5, 0.6) is 11.5 Å². The van der Waals surface area contributed by atoms with Gasteiger partial charge in [-0.1, -0.05) is 24.3 Å². The van der Waals surface area contributed by atoms with Gasteiger partial charge in [-0.15, -0.1) is 0 Å². The van der Waals surface area contributed by atoms with Gasteiger partial charge >= 0.3 is 0 Å². The van der Waals surface area contributed by atoms with E-state index in [-0.39, 0.29) is 42.6 Å². The van der Waals surface area contributed by atoms with Gasteiger partial charge in [-0.25, -0.2) is 0 Å². The van der Waals surface area contributed by atoms with Crippen molar-refractivity contribution in [2.24, 2.45) is 0 Å². The molecule has 2 rings (SSSR count). The van der Waals surface area contributed by atoms with Crippen molar-refractivity contribution in [3.63, 3.8) is 0 Å². The molecule has 1 unspecified atom stereocenters. The average Bonchev–Trinajstić information content (AvgIpc) is 2.70. The molecule has 0 aliphatic heterocycles. The summed E-state index contributed by atoms with van der Waals surface area (Å²) in [6, 6.07) is 12.4. The minimum atomic E-state index is -0.861. The monoisotopic (exact) mass is 430 g/mol. The standard InChI is InChI=1S/C24H34N2O5/c1-24(2,26-16-22(30)19-12-20(28)14-21(29)13-19)15-18-7-3-5-17(11-18)6-4-8-23(31)25-9-10-27/h3,5,7,11-14,22,26-30H,4,6,8-10,15-16H2,1-2H3,(H,25,31). The fourth-order valence-corrected chi connectivity index (χ4v) is 3.51. The summed E-state index contributed by atoms with van der Waals surface area (Å²) in [4.78, 5) is 11.6. The van der Waals surface area contributed by atoms with Crippen LogP contribution in [0.2, 0.25) is 0 Å². The first-order chi connectivity index (χ1) is 14.7. The predicted molar refractivity (Wildman–Crippen MR) is 120 cm³/mol. The van der Waals surface area contributed by atoms with Gasteiger partial charge in [0.05, 0.1) is 12.7 Å². The Morgan fingerprint density at radius 3 is 2.42 bits per heavy atom. The van der Waals surface area contributed by atoms with Gasteiger partial charge < -0.3 is 31.1 Å². The molecule has 2 aromatic rings. The summed E-state index contributed by atoms with van der Waals surface area (Å²) in [7, 11) is 0. The molecule has 0 heterocycles. The predicted octanol–water partition coefficient (Wildman–Crippen LogP) is 2.17. The van der Waals surface area contributed by atoms with E-state index in [0.29, 0.717) is 12.0 Å². The summed E-state index contributed by atoms with van der Waals surface area (Å²) in [6.45, 7) is 4.62.